The molecule has 0 aromatic heterocycles. The predicted octanol–water partition coefficient (Wildman–Crippen LogP) is 3.23. The maximum atomic E-state index is 12.6. The van der Waals surface area contributed by atoms with Crippen LogP contribution in [0.15, 0.2) is 27.6 Å². The van der Waals surface area contributed by atoms with Crippen molar-refractivity contribution in [2.24, 2.45) is 5.92 Å². The van der Waals surface area contributed by atoms with E-state index in [9.17, 15) is 8.42 Å². The Kier molecular flexibility index (Phi) is 5.09. The van der Waals surface area contributed by atoms with Gasteiger partial charge >= 0.3 is 0 Å². The molecule has 1 aromatic rings. The molecule has 0 saturated heterocycles. The Morgan fingerprint density at radius 1 is 1.30 bits per heavy atom. The number of nitrogens with two attached hydrogens (primary N) is 1. The number of anilines is 1. The normalized spacial score (nSPS) is 17.6. The van der Waals surface area contributed by atoms with Crippen LogP contribution in [0.1, 0.15) is 32.1 Å². The highest BCUT2D eigenvalue weighted by atomic mass is 79.9. The average molecular weight is 361 g/mol. The monoisotopic (exact) mass is 360 g/mol. The summed E-state index contributed by atoms with van der Waals surface area (Å²) in [6, 6.07) is 4.89. The van der Waals surface area contributed by atoms with Gasteiger partial charge in [0.05, 0.1) is 5.69 Å². The first-order chi connectivity index (χ1) is 9.41. The van der Waals surface area contributed by atoms with Crippen LogP contribution in [0, 0.1) is 5.92 Å². The molecule has 0 unspecified atom stereocenters. The number of hydrogen-bond donors (Lipinski definition) is 1. The van der Waals surface area contributed by atoms with Crippen LogP contribution in [0.25, 0.3) is 0 Å². The highest BCUT2D eigenvalue weighted by Gasteiger charge is 2.26. The van der Waals surface area contributed by atoms with Crippen LogP contribution in [0.2, 0.25) is 0 Å². The van der Waals surface area contributed by atoms with Crippen molar-refractivity contribution in [3.63, 3.8) is 0 Å². The molecule has 0 heterocycles. The summed E-state index contributed by atoms with van der Waals surface area (Å²) in [5.41, 5.74) is 6.13. The van der Waals surface area contributed by atoms with Gasteiger partial charge in [0, 0.05) is 18.1 Å². The summed E-state index contributed by atoms with van der Waals surface area (Å²) in [5.74, 6) is 0.472. The quantitative estimate of drug-likeness (QED) is 0.838. The van der Waals surface area contributed by atoms with Gasteiger partial charge in [-0.25, -0.2) is 12.7 Å². The van der Waals surface area contributed by atoms with E-state index in [1.807, 2.05) is 0 Å². The second kappa shape index (κ2) is 6.45. The Hall–Kier alpha value is -0.590. The van der Waals surface area contributed by atoms with Gasteiger partial charge in [-0.15, -0.1) is 0 Å². The summed E-state index contributed by atoms with van der Waals surface area (Å²) in [7, 11) is -1.85. The molecule has 1 aliphatic carbocycles. The molecule has 1 aliphatic rings. The third-order valence-corrected chi connectivity index (χ3v) is 6.29. The highest BCUT2D eigenvalue weighted by molar-refractivity contribution is 9.10. The number of nitrogens with zero attached hydrogens (tertiary/aromatic N) is 1. The van der Waals surface area contributed by atoms with E-state index in [4.69, 9.17) is 5.73 Å². The Morgan fingerprint density at radius 2 is 1.95 bits per heavy atom. The minimum absolute atomic E-state index is 0.194. The van der Waals surface area contributed by atoms with Gasteiger partial charge < -0.3 is 5.73 Å². The summed E-state index contributed by atoms with van der Waals surface area (Å²) in [5, 5.41) is 0. The third-order valence-electron chi connectivity index (χ3n) is 3.90. The molecule has 112 valence electrons. The molecule has 1 aromatic carbocycles. The van der Waals surface area contributed by atoms with Gasteiger partial charge in [0.15, 0.2) is 0 Å². The van der Waals surface area contributed by atoms with Crippen molar-refractivity contribution < 1.29 is 8.42 Å². The van der Waals surface area contributed by atoms with Crippen molar-refractivity contribution in [1.82, 2.24) is 4.31 Å². The van der Waals surface area contributed by atoms with E-state index in [2.05, 4.69) is 15.9 Å². The standard InChI is InChI=1S/C14H21BrN2O2S/c1-17(10-11-5-3-2-4-6-11)20(18,19)14-8-7-12(15)9-13(14)16/h7-9,11H,2-6,10,16H2,1H3. The molecule has 0 radical (unpaired) electrons. The van der Waals surface area contributed by atoms with Crippen LogP contribution in [0.5, 0.6) is 0 Å². The first-order valence-electron chi connectivity index (χ1n) is 6.92. The van der Waals surface area contributed by atoms with Gasteiger partial charge in [-0.1, -0.05) is 35.2 Å². The van der Waals surface area contributed by atoms with Crippen LogP contribution < -0.4 is 5.73 Å². The summed E-state index contributed by atoms with van der Waals surface area (Å²) in [4.78, 5) is 0.194. The third kappa shape index (κ3) is 3.54. The Bertz CT molecular complexity index is 569. The van der Waals surface area contributed by atoms with E-state index in [0.717, 1.165) is 17.3 Å². The maximum absolute atomic E-state index is 12.6. The predicted molar refractivity (Wildman–Crippen MR) is 84.9 cm³/mol. The van der Waals surface area contributed by atoms with Crippen molar-refractivity contribution in [2.75, 3.05) is 19.3 Å². The molecule has 0 bridgehead atoms. The number of halogens is 1. The van der Waals surface area contributed by atoms with Crippen molar-refractivity contribution in [3.8, 4) is 0 Å². The molecule has 2 N–H and O–H groups in total. The van der Waals surface area contributed by atoms with Gasteiger partial charge in [-0.2, -0.15) is 0 Å². The van der Waals surface area contributed by atoms with Crippen molar-refractivity contribution in [3.05, 3.63) is 22.7 Å². The maximum Gasteiger partial charge on any atom is 0.244 e. The second-order valence-electron chi connectivity index (χ2n) is 5.47. The first-order valence-corrected chi connectivity index (χ1v) is 9.16. The molecule has 0 amide bonds. The molecule has 0 atom stereocenters. The zero-order valence-corrected chi connectivity index (χ0v) is 14.1. The van der Waals surface area contributed by atoms with E-state index >= 15 is 0 Å². The number of sulfonamides is 1. The minimum atomic E-state index is -3.50. The van der Waals surface area contributed by atoms with E-state index in [1.54, 1.807) is 25.2 Å². The largest absolute Gasteiger partial charge is 0.398 e. The summed E-state index contributed by atoms with van der Waals surface area (Å²) >= 11 is 3.29. The van der Waals surface area contributed by atoms with E-state index in [1.165, 1.54) is 23.6 Å². The SMILES string of the molecule is CN(CC1CCCCC1)S(=O)(=O)c1ccc(Br)cc1N. The fourth-order valence-electron chi connectivity index (χ4n) is 2.75. The van der Waals surface area contributed by atoms with E-state index in [0.29, 0.717) is 12.5 Å². The Morgan fingerprint density at radius 3 is 2.55 bits per heavy atom. The summed E-state index contributed by atoms with van der Waals surface area (Å²) in [6.07, 6.45) is 5.93. The lowest BCUT2D eigenvalue weighted by atomic mass is 9.89. The Balaban J connectivity index is 2.16. The van der Waals surface area contributed by atoms with Crippen LogP contribution >= 0.6 is 15.9 Å². The number of hydrogen-bond acceptors (Lipinski definition) is 3. The van der Waals surface area contributed by atoms with Gasteiger partial charge in [-0.05, 0) is 37.0 Å². The van der Waals surface area contributed by atoms with Gasteiger partial charge in [0.1, 0.15) is 4.90 Å². The summed E-state index contributed by atoms with van der Waals surface area (Å²) < 4.78 is 27.4. The smallest absolute Gasteiger partial charge is 0.244 e. The van der Waals surface area contributed by atoms with Crippen molar-refractivity contribution in [2.45, 2.75) is 37.0 Å². The Labute approximate surface area is 129 Å². The summed E-state index contributed by atoms with van der Waals surface area (Å²) in [6.45, 7) is 0.581. The molecular weight excluding hydrogens is 340 g/mol. The molecule has 20 heavy (non-hydrogen) atoms. The molecule has 0 aliphatic heterocycles. The number of rotatable bonds is 4. The topological polar surface area (TPSA) is 63.4 Å². The van der Waals surface area contributed by atoms with E-state index < -0.39 is 10.0 Å². The van der Waals surface area contributed by atoms with Gasteiger partial charge in [-0.3, -0.25) is 0 Å². The molecule has 1 saturated carbocycles. The van der Waals surface area contributed by atoms with Crippen LogP contribution in [-0.2, 0) is 10.0 Å². The van der Waals surface area contributed by atoms with Crippen LogP contribution in [0.3, 0.4) is 0 Å². The number of benzene rings is 1. The molecule has 6 heteroatoms. The molecule has 1 fully saturated rings. The second-order valence-corrected chi connectivity index (χ2v) is 8.40. The lowest BCUT2D eigenvalue weighted by Crippen LogP contribution is -2.33. The minimum Gasteiger partial charge on any atom is -0.398 e. The van der Waals surface area contributed by atoms with Crippen LogP contribution in [-0.4, -0.2) is 26.3 Å². The molecule has 2 rings (SSSR count). The average Bonchev–Trinajstić information content (AvgIpc) is 2.39. The molecule has 4 nitrogen and oxygen atoms in total. The number of nitrogen functional groups attached to an aromatic ring is 1. The van der Waals surface area contributed by atoms with Crippen LogP contribution in [0.4, 0.5) is 5.69 Å². The van der Waals surface area contributed by atoms with Crippen molar-refractivity contribution in [1.29, 1.82) is 0 Å². The van der Waals surface area contributed by atoms with Crippen molar-refractivity contribution >= 4 is 31.6 Å². The lowest BCUT2D eigenvalue weighted by Gasteiger charge is -2.27. The van der Waals surface area contributed by atoms with Gasteiger partial charge in [0.2, 0.25) is 10.0 Å². The zero-order valence-electron chi connectivity index (χ0n) is 11.7. The van der Waals surface area contributed by atoms with E-state index in [-0.39, 0.29) is 10.6 Å². The molecular formula is C14H21BrN2O2S. The fraction of sp³-hybridized carbons (Fsp3) is 0.571. The molecule has 0 spiro atoms. The lowest BCUT2D eigenvalue weighted by molar-refractivity contribution is 0.300. The highest BCUT2D eigenvalue weighted by Crippen LogP contribution is 2.28. The fourth-order valence-corrected chi connectivity index (χ4v) is 4.47. The van der Waals surface area contributed by atoms with Gasteiger partial charge in [0.25, 0.3) is 0 Å². The first kappa shape index (κ1) is 15.8. The zero-order chi connectivity index (χ0) is 14.8.